The first kappa shape index (κ1) is 16.2. The van der Waals surface area contributed by atoms with Crippen molar-refractivity contribution in [2.75, 3.05) is 7.11 Å². The van der Waals surface area contributed by atoms with E-state index in [9.17, 15) is 4.79 Å². The Kier molecular flexibility index (Phi) is 4.57. The van der Waals surface area contributed by atoms with Gasteiger partial charge in [0.25, 0.3) is 0 Å². The van der Waals surface area contributed by atoms with Crippen LogP contribution in [-0.4, -0.2) is 18.5 Å². The Hall–Kier alpha value is -1.15. The number of ketones is 1. The third-order valence-electron chi connectivity index (χ3n) is 4.90. The van der Waals surface area contributed by atoms with Crippen molar-refractivity contribution in [2.45, 2.75) is 64.4 Å². The fourth-order valence-corrected chi connectivity index (χ4v) is 3.14. The Balaban J connectivity index is 2.22. The summed E-state index contributed by atoms with van der Waals surface area (Å²) in [6.45, 7) is 8.80. The molecule has 1 fully saturated rings. The summed E-state index contributed by atoms with van der Waals surface area (Å²) < 4.78 is 5.69. The highest BCUT2D eigenvalue weighted by molar-refractivity contribution is 6.02. The number of methoxy groups -OCH3 is 1. The summed E-state index contributed by atoms with van der Waals surface area (Å²) in [5.41, 5.74) is 1.54. The number of carbonyl (C=O) groups is 1. The number of carbonyl (C=O) groups excluding carboxylic acids is 1. The van der Waals surface area contributed by atoms with E-state index in [0.717, 1.165) is 31.2 Å². The molecule has 0 spiro atoms. The summed E-state index contributed by atoms with van der Waals surface area (Å²) >= 11 is 0. The van der Waals surface area contributed by atoms with E-state index >= 15 is 0 Å². The first-order valence-corrected chi connectivity index (χ1v) is 7.99. The lowest BCUT2D eigenvalue weighted by Crippen LogP contribution is -2.43. The maximum Gasteiger partial charge on any atom is 0.194 e. The Bertz CT molecular complexity index is 485. The van der Waals surface area contributed by atoms with E-state index in [1.807, 2.05) is 12.1 Å². The molecule has 2 rings (SSSR count). The second-order valence-corrected chi connectivity index (χ2v) is 7.54. The van der Waals surface area contributed by atoms with Crippen molar-refractivity contribution in [1.82, 2.24) is 0 Å². The van der Waals surface area contributed by atoms with Crippen molar-refractivity contribution in [3.63, 3.8) is 0 Å². The monoisotopic (exact) mass is 288 g/mol. The maximum absolute atomic E-state index is 12.9. The maximum atomic E-state index is 12.9. The van der Waals surface area contributed by atoms with Crippen molar-refractivity contribution >= 4 is 5.78 Å². The first-order valence-electron chi connectivity index (χ1n) is 7.99. The Morgan fingerprint density at radius 1 is 1.14 bits per heavy atom. The molecule has 0 aromatic heterocycles. The van der Waals surface area contributed by atoms with E-state index in [-0.39, 0.29) is 11.2 Å². The van der Waals surface area contributed by atoms with Crippen LogP contribution in [-0.2, 0) is 10.2 Å². The minimum atomic E-state index is -0.601. The van der Waals surface area contributed by atoms with Crippen molar-refractivity contribution in [3.8, 4) is 0 Å². The average Bonchev–Trinajstić information content (AvgIpc) is 2.47. The van der Waals surface area contributed by atoms with Gasteiger partial charge in [-0.05, 0) is 42.6 Å². The van der Waals surface area contributed by atoms with Crippen LogP contribution in [0.3, 0.4) is 0 Å². The van der Waals surface area contributed by atoms with Gasteiger partial charge in [-0.2, -0.15) is 0 Å². The van der Waals surface area contributed by atoms with Gasteiger partial charge >= 0.3 is 0 Å². The molecule has 2 nitrogen and oxygen atoms in total. The Morgan fingerprint density at radius 2 is 1.67 bits per heavy atom. The van der Waals surface area contributed by atoms with Gasteiger partial charge in [-0.3, -0.25) is 4.79 Å². The zero-order valence-corrected chi connectivity index (χ0v) is 14.0. The predicted molar refractivity (Wildman–Crippen MR) is 86.8 cm³/mol. The zero-order chi connectivity index (χ0) is 15.7. The first-order chi connectivity index (χ1) is 9.78. The van der Waals surface area contributed by atoms with Crippen LogP contribution in [0, 0.1) is 5.92 Å². The fourth-order valence-electron chi connectivity index (χ4n) is 3.14. The summed E-state index contributed by atoms with van der Waals surface area (Å²) in [6.07, 6.45) is 3.81. The van der Waals surface area contributed by atoms with Crippen LogP contribution in [0.2, 0.25) is 0 Å². The molecule has 2 heteroatoms. The van der Waals surface area contributed by atoms with Gasteiger partial charge in [0.05, 0.1) is 0 Å². The molecule has 1 saturated carbocycles. The largest absolute Gasteiger partial charge is 0.370 e. The smallest absolute Gasteiger partial charge is 0.194 e. The molecule has 0 heterocycles. The molecule has 1 aliphatic rings. The van der Waals surface area contributed by atoms with Gasteiger partial charge in [0.2, 0.25) is 0 Å². The van der Waals surface area contributed by atoms with E-state index in [4.69, 9.17) is 4.74 Å². The highest BCUT2D eigenvalue weighted by atomic mass is 16.5. The molecule has 0 radical (unpaired) electrons. The summed E-state index contributed by atoms with van der Waals surface area (Å²) in [7, 11) is 1.68. The Labute approximate surface area is 128 Å². The zero-order valence-electron chi connectivity index (χ0n) is 14.0. The van der Waals surface area contributed by atoms with Crippen LogP contribution in [0.25, 0.3) is 0 Å². The number of rotatable bonds is 3. The lowest BCUT2D eigenvalue weighted by Gasteiger charge is -2.37. The van der Waals surface area contributed by atoms with Crippen LogP contribution in [0.4, 0.5) is 0 Å². The lowest BCUT2D eigenvalue weighted by molar-refractivity contribution is -0.0263. The van der Waals surface area contributed by atoms with Gasteiger partial charge in [0.1, 0.15) is 5.60 Å². The molecule has 0 saturated heterocycles. The molecule has 0 N–H and O–H groups in total. The van der Waals surface area contributed by atoms with Crippen LogP contribution in [0.5, 0.6) is 0 Å². The molecule has 116 valence electrons. The van der Waals surface area contributed by atoms with Gasteiger partial charge in [-0.1, -0.05) is 52.0 Å². The standard InChI is InChI=1S/C19H28O2/c1-14-10-12-19(21-5,13-11-14)17(20)15-6-8-16(9-7-15)18(2,3)4/h6-9,14H,10-13H2,1-5H3. The molecule has 0 aliphatic heterocycles. The van der Waals surface area contributed by atoms with Crippen LogP contribution < -0.4 is 0 Å². The van der Waals surface area contributed by atoms with E-state index < -0.39 is 5.60 Å². The third kappa shape index (κ3) is 3.37. The minimum Gasteiger partial charge on any atom is -0.370 e. The molecule has 1 aliphatic carbocycles. The van der Waals surface area contributed by atoms with Gasteiger partial charge in [-0.15, -0.1) is 0 Å². The molecule has 1 aromatic carbocycles. The van der Waals surface area contributed by atoms with Crippen LogP contribution in [0.1, 0.15) is 69.3 Å². The second kappa shape index (κ2) is 5.92. The van der Waals surface area contributed by atoms with Gasteiger partial charge in [0, 0.05) is 12.7 Å². The highest BCUT2D eigenvalue weighted by Crippen LogP contribution is 2.37. The third-order valence-corrected chi connectivity index (χ3v) is 4.90. The topological polar surface area (TPSA) is 26.3 Å². The normalized spacial score (nSPS) is 26.6. The molecule has 0 amide bonds. The summed E-state index contributed by atoms with van der Waals surface area (Å²) in [4.78, 5) is 12.9. The Morgan fingerprint density at radius 3 is 2.10 bits per heavy atom. The summed E-state index contributed by atoms with van der Waals surface area (Å²) in [5.74, 6) is 0.849. The van der Waals surface area contributed by atoms with E-state index in [1.54, 1.807) is 7.11 Å². The second-order valence-electron chi connectivity index (χ2n) is 7.54. The fraction of sp³-hybridized carbons (Fsp3) is 0.632. The molecule has 0 atom stereocenters. The number of ether oxygens (including phenoxy) is 1. The highest BCUT2D eigenvalue weighted by Gasteiger charge is 2.41. The summed E-state index contributed by atoms with van der Waals surface area (Å²) in [6, 6.07) is 8.06. The quantitative estimate of drug-likeness (QED) is 0.749. The van der Waals surface area contributed by atoms with Crippen molar-refractivity contribution < 1.29 is 9.53 Å². The van der Waals surface area contributed by atoms with E-state index in [2.05, 4.69) is 39.8 Å². The molecular formula is C19H28O2. The van der Waals surface area contributed by atoms with Crippen molar-refractivity contribution in [2.24, 2.45) is 5.92 Å². The number of hydrogen-bond donors (Lipinski definition) is 0. The SMILES string of the molecule is COC1(C(=O)c2ccc(C(C)(C)C)cc2)CCC(C)CC1. The van der Waals surface area contributed by atoms with Crippen molar-refractivity contribution in [3.05, 3.63) is 35.4 Å². The molecular weight excluding hydrogens is 260 g/mol. The minimum absolute atomic E-state index is 0.112. The van der Waals surface area contributed by atoms with E-state index in [1.165, 1.54) is 5.56 Å². The molecule has 1 aromatic rings. The number of benzene rings is 1. The van der Waals surface area contributed by atoms with E-state index in [0.29, 0.717) is 5.92 Å². The van der Waals surface area contributed by atoms with Gasteiger partial charge in [-0.25, -0.2) is 0 Å². The molecule has 0 unspecified atom stereocenters. The van der Waals surface area contributed by atoms with Crippen molar-refractivity contribution in [1.29, 1.82) is 0 Å². The molecule has 21 heavy (non-hydrogen) atoms. The predicted octanol–water partition coefficient (Wildman–Crippen LogP) is 4.76. The van der Waals surface area contributed by atoms with Gasteiger partial charge < -0.3 is 4.74 Å². The van der Waals surface area contributed by atoms with Crippen LogP contribution >= 0.6 is 0 Å². The number of hydrogen-bond acceptors (Lipinski definition) is 2. The lowest BCUT2D eigenvalue weighted by atomic mass is 9.75. The average molecular weight is 288 g/mol. The summed E-state index contributed by atoms with van der Waals surface area (Å²) in [5, 5.41) is 0. The number of Topliss-reactive ketones (excluding diaryl/α,β-unsaturated/α-hetero) is 1. The van der Waals surface area contributed by atoms with Crippen LogP contribution in [0.15, 0.2) is 24.3 Å². The molecule has 0 bridgehead atoms. The van der Waals surface area contributed by atoms with Gasteiger partial charge in [0.15, 0.2) is 5.78 Å².